The summed E-state index contributed by atoms with van der Waals surface area (Å²) in [7, 11) is 0. The SMILES string of the molecule is Cc1cc2oc(-c3ccccc3Cl)c(OCC(=O)Nc3sc4c(c3C#N)CCCC4)c(=O)c2cc1C. The Kier molecular flexibility index (Phi) is 6.57. The van der Waals surface area contributed by atoms with E-state index in [2.05, 4.69) is 11.4 Å². The van der Waals surface area contributed by atoms with Crippen LogP contribution in [-0.2, 0) is 17.6 Å². The molecule has 6 nitrogen and oxygen atoms in total. The zero-order valence-electron chi connectivity index (χ0n) is 19.9. The molecule has 0 fully saturated rings. The van der Waals surface area contributed by atoms with Crippen LogP contribution in [-0.4, -0.2) is 12.5 Å². The Bertz CT molecular complexity index is 1610. The highest BCUT2D eigenvalue weighted by molar-refractivity contribution is 7.16. The minimum atomic E-state index is -0.463. The summed E-state index contributed by atoms with van der Waals surface area (Å²) >= 11 is 7.86. The third-order valence-corrected chi connectivity index (χ3v) is 8.00. The third kappa shape index (κ3) is 4.39. The fourth-order valence-corrected chi connectivity index (χ4v) is 5.94. The van der Waals surface area contributed by atoms with Crippen LogP contribution in [0.15, 0.2) is 45.6 Å². The zero-order valence-corrected chi connectivity index (χ0v) is 21.4. The van der Waals surface area contributed by atoms with Crippen LogP contribution in [0.3, 0.4) is 0 Å². The van der Waals surface area contributed by atoms with Crippen molar-refractivity contribution in [2.24, 2.45) is 0 Å². The van der Waals surface area contributed by atoms with Crippen LogP contribution in [0, 0.1) is 25.2 Å². The molecule has 2 aromatic heterocycles. The number of aryl methyl sites for hydroxylation is 3. The number of carbonyl (C=O) groups is 1. The molecule has 1 amide bonds. The zero-order chi connectivity index (χ0) is 25.4. The van der Waals surface area contributed by atoms with E-state index >= 15 is 0 Å². The molecular formula is C28H23ClN2O4S. The van der Waals surface area contributed by atoms with Crippen molar-refractivity contribution in [1.29, 1.82) is 5.26 Å². The van der Waals surface area contributed by atoms with Gasteiger partial charge >= 0.3 is 0 Å². The summed E-state index contributed by atoms with van der Waals surface area (Å²) in [6.45, 7) is 3.43. The first kappa shape index (κ1) is 24.1. The Balaban J connectivity index is 1.49. The molecular weight excluding hydrogens is 496 g/mol. The lowest BCUT2D eigenvalue weighted by Crippen LogP contribution is -2.22. The second kappa shape index (κ2) is 9.81. The summed E-state index contributed by atoms with van der Waals surface area (Å²) < 4.78 is 11.9. The summed E-state index contributed by atoms with van der Waals surface area (Å²) in [6.07, 6.45) is 3.88. The van der Waals surface area contributed by atoms with Crippen LogP contribution in [0.4, 0.5) is 5.00 Å². The molecule has 0 radical (unpaired) electrons. The molecule has 36 heavy (non-hydrogen) atoms. The molecule has 4 aromatic rings. The Morgan fingerprint density at radius 2 is 1.94 bits per heavy atom. The smallest absolute Gasteiger partial charge is 0.262 e. The van der Waals surface area contributed by atoms with Crippen LogP contribution in [0.2, 0.25) is 5.02 Å². The lowest BCUT2D eigenvalue weighted by molar-refractivity contribution is -0.118. The molecule has 0 saturated heterocycles. The molecule has 0 aliphatic heterocycles. The first-order valence-corrected chi connectivity index (χ1v) is 12.9. The van der Waals surface area contributed by atoms with Gasteiger partial charge in [0.2, 0.25) is 11.2 Å². The maximum atomic E-state index is 13.5. The van der Waals surface area contributed by atoms with Crippen molar-refractivity contribution in [2.45, 2.75) is 39.5 Å². The summed E-state index contributed by atoms with van der Waals surface area (Å²) in [5.41, 5.74) is 4.00. The molecule has 0 spiro atoms. The minimum Gasteiger partial charge on any atom is -0.476 e. The van der Waals surface area contributed by atoms with Gasteiger partial charge in [0.15, 0.2) is 12.4 Å². The number of ether oxygens (including phenoxy) is 1. The summed E-state index contributed by atoms with van der Waals surface area (Å²) in [5.74, 6) is -0.381. The van der Waals surface area contributed by atoms with E-state index < -0.39 is 12.5 Å². The first-order chi connectivity index (χ1) is 17.4. The lowest BCUT2D eigenvalue weighted by Gasteiger charge is -2.13. The molecule has 182 valence electrons. The normalized spacial score (nSPS) is 12.7. The van der Waals surface area contributed by atoms with Crippen LogP contribution < -0.4 is 15.5 Å². The number of nitrogens with one attached hydrogen (secondary N) is 1. The molecule has 2 aromatic carbocycles. The van der Waals surface area contributed by atoms with Gasteiger partial charge < -0.3 is 14.5 Å². The third-order valence-electron chi connectivity index (χ3n) is 6.47. The first-order valence-electron chi connectivity index (χ1n) is 11.7. The van der Waals surface area contributed by atoms with Gasteiger partial charge in [-0.25, -0.2) is 0 Å². The van der Waals surface area contributed by atoms with E-state index in [0.29, 0.717) is 32.1 Å². The number of hydrogen-bond acceptors (Lipinski definition) is 6. The standard InChI is InChI=1S/C28H23ClN2O4S/c1-15-11-19-22(12-16(15)2)35-26(18-8-3-5-9-21(18)29)27(25(19)33)34-14-24(32)31-28-20(13-30)17-7-4-6-10-23(17)36-28/h3,5,8-9,11-12H,4,6-7,10,14H2,1-2H3,(H,31,32). The molecule has 5 rings (SSSR count). The van der Waals surface area contributed by atoms with E-state index in [1.165, 1.54) is 11.3 Å². The van der Waals surface area contributed by atoms with E-state index in [0.717, 1.165) is 47.3 Å². The second-order valence-electron chi connectivity index (χ2n) is 8.87. The maximum Gasteiger partial charge on any atom is 0.262 e. The molecule has 8 heteroatoms. The van der Waals surface area contributed by atoms with Crippen molar-refractivity contribution in [1.82, 2.24) is 0 Å². The number of nitriles is 1. The highest BCUT2D eigenvalue weighted by atomic mass is 35.5. The summed E-state index contributed by atoms with van der Waals surface area (Å²) in [6, 6.07) is 12.8. The fourth-order valence-electron chi connectivity index (χ4n) is 4.46. The number of nitrogens with zero attached hydrogens (tertiary/aromatic N) is 1. The highest BCUT2D eigenvalue weighted by Gasteiger charge is 2.24. The van der Waals surface area contributed by atoms with Crippen molar-refractivity contribution >= 4 is 44.8 Å². The van der Waals surface area contributed by atoms with Crippen molar-refractivity contribution in [2.75, 3.05) is 11.9 Å². The second-order valence-corrected chi connectivity index (χ2v) is 10.4. The van der Waals surface area contributed by atoms with Crippen LogP contribution >= 0.6 is 22.9 Å². The van der Waals surface area contributed by atoms with E-state index in [-0.39, 0.29) is 16.9 Å². The van der Waals surface area contributed by atoms with E-state index in [1.807, 2.05) is 19.9 Å². The molecule has 2 heterocycles. The quantitative estimate of drug-likeness (QED) is 0.323. The van der Waals surface area contributed by atoms with Crippen LogP contribution in [0.5, 0.6) is 5.75 Å². The molecule has 1 N–H and O–H groups in total. The molecule has 0 unspecified atom stereocenters. The van der Waals surface area contributed by atoms with Gasteiger partial charge in [0.05, 0.1) is 16.0 Å². The Morgan fingerprint density at radius 3 is 2.72 bits per heavy atom. The number of benzene rings is 2. The van der Waals surface area contributed by atoms with Gasteiger partial charge in [0.1, 0.15) is 16.7 Å². The largest absolute Gasteiger partial charge is 0.476 e. The summed E-state index contributed by atoms with van der Waals surface area (Å²) in [5, 5.41) is 13.7. The predicted molar refractivity (Wildman–Crippen MR) is 142 cm³/mol. The number of hydrogen-bond donors (Lipinski definition) is 1. The van der Waals surface area contributed by atoms with Gasteiger partial charge in [-0.1, -0.05) is 23.7 Å². The maximum absolute atomic E-state index is 13.5. The molecule has 0 saturated carbocycles. The number of carbonyl (C=O) groups excluding carboxylic acids is 1. The van der Waals surface area contributed by atoms with E-state index in [9.17, 15) is 14.9 Å². The average Bonchev–Trinajstić information content (AvgIpc) is 3.21. The van der Waals surface area contributed by atoms with Crippen molar-refractivity contribution < 1.29 is 13.9 Å². The minimum absolute atomic E-state index is 0.0833. The monoisotopic (exact) mass is 518 g/mol. The topological polar surface area (TPSA) is 92.3 Å². The predicted octanol–water partition coefficient (Wildman–Crippen LogP) is 6.56. The fraction of sp³-hybridized carbons (Fsp3) is 0.250. The van der Waals surface area contributed by atoms with E-state index in [4.69, 9.17) is 20.8 Å². The number of fused-ring (bicyclic) bond motifs is 2. The lowest BCUT2D eigenvalue weighted by atomic mass is 9.96. The average molecular weight is 519 g/mol. The molecule has 1 aliphatic carbocycles. The highest BCUT2D eigenvalue weighted by Crippen LogP contribution is 2.38. The van der Waals surface area contributed by atoms with Crippen molar-refractivity contribution in [3.63, 3.8) is 0 Å². The Morgan fingerprint density at radius 1 is 1.19 bits per heavy atom. The van der Waals surface area contributed by atoms with Gasteiger partial charge in [-0.05, 0) is 80.5 Å². The molecule has 0 bridgehead atoms. The van der Waals surface area contributed by atoms with Gasteiger partial charge in [-0.3, -0.25) is 9.59 Å². The number of thiophene rings is 1. The van der Waals surface area contributed by atoms with Gasteiger partial charge in [0, 0.05) is 10.4 Å². The van der Waals surface area contributed by atoms with Gasteiger partial charge in [-0.15, -0.1) is 11.3 Å². The molecule has 1 aliphatic rings. The number of anilines is 1. The number of rotatable bonds is 5. The number of halogens is 1. The Labute approximate surface area is 217 Å². The van der Waals surface area contributed by atoms with Crippen LogP contribution in [0.1, 0.15) is 40.0 Å². The Hall–Kier alpha value is -3.60. The van der Waals surface area contributed by atoms with E-state index in [1.54, 1.807) is 30.3 Å². The van der Waals surface area contributed by atoms with Crippen LogP contribution in [0.25, 0.3) is 22.3 Å². The number of amides is 1. The molecule has 0 atom stereocenters. The van der Waals surface area contributed by atoms with Crippen molar-refractivity contribution in [3.05, 3.63) is 78.8 Å². The van der Waals surface area contributed by atoms with Crippen molar-refractivity contribution in [3.8, 4) is 23.1 Å². The van der Waals surface area contributed by atoms with Gasteiger partial charge in [0.25, 0.3) is 5.91 Å². The summed E-state index contributed by atoms with van der Waals surface area (Å²) in [4.78, 5) is 27.5. The van der Waals surface area contributed by atoms with Gasteiger partial charge in [-0.2, -0.15) is 5.26 Å².